The van der Waals surface area contributed by atoms with E-state index in [0.29, 0.717) is 6.42 Å². The van der Waals surface area contributed by atoms with Crippen LogP contribution < -0.4 is 10.2 Å². The molecule has 5 nitrogen and oxygen atoms in total. The van der Waals surface area contributed by atoms with Crippen LogP contribution in [0.15, 0.2) is 59.8 Å². The number of amides is 1. The van der Waals surface area contributed by atoms with Crippen molar-refractivity contribution in [2.24, 2.45) is 5.16 Å². The molecule has 1 heterocycles. The number of hydrogen-bond donors (Lipinski definition) is 1. The zero-order valence-electron chi connectivity index (χ0n) is 13.7. The van der Waals surface area contributed by atoms with Gasteiger partial charge in [0.05, 0.1) is 6.42 Å². The van der Waals surface area contributed by atoms with Crippen LogP contribution in [-0.4, -0.2) is 25.4 Å². The van der Waals surface area contributed by atoms with Crippen LogP contribution in [0.2, 0.25) is 0 Å². The monoisotopic (exact) mass is 323 g/mol. The summed E-state index contributed by atoms with van der Waals surface area (Å²) in [4.78, 5) is 19.1. The lowest BCUT2D eigenvalue weighted by Crippen LogP contribution is -2.24. The molecule has 0 saturated carbocycles. The Bertz CT molecular complexity index is 711. The molecule has 1 saturated heterocycles. The highest BCUT2D eigenvalue weighted by Gasteiger charge is 2.20. The predicted molar refractivity (Wildman–Crippen MR) is 96.2 cm³/mol. The van der Waals surface area contributed by atoms with Gasteiger partial charge in [-0.25, -0.2) is 0 Å². The van der Waals surface area contributed by atoms with E-state index in [0.717, 1.165) is 42.2 Å². The van der Waals surface area contributed by atoms with Gasteiger partial charge in [-0.3, -0.25) is 4.79 Å². The second kappa shape index (κ2) is 7.64. The Morgan fingerprint density at radius 3 is 2.62 bits per heavy atom. The fourth-order valence-corrected chi connectivity index (χ4v) is 2.85. The van der Waals surface area contributed by atoms with Crippen molar-refractivity contribution in [1.82, 2.24) is 0 Å². The zero-order chi connectivity index (χ0) is 16.8. The molecule has 1 aliphatic heterocycles. The maximum Gasteiger partial charge on any atom is 0.228 e. The van der Waals surface area contributed by atoms with Crippen LogP contribution in [0.3, 0.4) is 0 Å². The van der Waals surface area contributed by atoms with Crippen molar-refractivity contribution in [2.45, 2.75) is 19.3 Å². The van der Waals surface area contributed by atoms with E-state index >= 15 is 0 Å². The number of carbonyl (C=O) groups excluding carboxylic acids is 1. The quantitative estimate of drug-likeness (QED) is 0.858. The Balaban J connectivity index is 1.62. The number of rotatable bonds is 5. The van der Waals surface area contributed by atoms with E-state index in [2.05, 4.69) is 15.4 Å². The highest BCUT2D eigenvalue weighted by Crippen LogP contribution is 2.24. The molecule has 0 atom stereocenters. The van der Waals surface area contributed by atoms with Crippen LogP contribution in [0.5, 0.6) is 0 Å². The van der Waals surface area contributed by atoms with Crippen molar-refractivity contribution >= 4 is 23.1 Å². The summed E-state index contributed by atoms with van der Waals surface area (Å²) in [5.41, 5.74) is 2.86. The van der Waals surface area contributed by atoms with Gasteiger partial charge in [0.2, 0.25) is 5.91 Å². The van der Waals surface area contributed by atoms with E-state index in [1.54, 1.807) is 7.11 Å². The summed E-state index contributed by atoms with van der Waals surface area (Å²) in [6, 6.07) is 17.5. The van der Waals surface area contributed by atoms with Gasteiger partial charge in [-0.2, -0.15) is 0 Å². The number of hydrogen-bond acceptors (Lipinski definition) is 3. The van der Waals surface area contributed by atoms with Crippen LogP contribution in [0, 0.1) is 0 Å². The minimum absolute atomic E-state index is 0.0169. The van der Waals surface area contributed by atoms with Crippen LogP contribution >= 0.6 is 0 Å². The first-order valence-electron chi connectivity index (χ1n) is 8.07. The van der Waals surface area contributed by atoms with Crippen molar-refractivity contribution in [3.63, 3.8) is 0 Å². The Morgan fingerprint density at radius 1 is 1.17 bits per heavy atom. The molecule has 0 aromatic heterocycles. The summed E-state index contributed by atoms with van der Waals surface area (Å²) in [6.07, 6.45) is 2.36. The largest absolute Gasteiger partial charge is 0.398 e. The summed E-state index contributed by atoms with van der Waals surface area (Å²) in [5, 5.41) is 7.00. The number of oxime groups is 1. The minimum atomic E-state index is -0.0169. The SMILES string of the molecule is CO/N=C1/CCCN1c1ccc(NC(=O)Cc2ccccc2)cc1. The second-order valence-corrected chi connectivity index (χ2v) is 5.70. The number of benzene rings is 2. The average Bonchev–Trinajstić information content (AvgIpc) is 3.05. The lowest BCUT2D eigenvalue weighted by molar-refractivity contribution is -0.115. The minimum Gasteiger partial charge on any atom is -0.398 e. The van der Waals surface area contributed by atoms with Crippen molar-refractivity contribution in [3.05, 3.63) is 60.2 Å². The number of amidine groups is 1. The molecule has 24 heavy (non-hydrogen) atoms. The second-order valence-electron chi connectivity index (χ2n) is 5.70. The molecule has 0 radical (unpaired) electrons. The molecule has 1 fully saturated rings. The highest BCUT2D eigenvalue weighted by atomic mass is 16.6. The molecule has 124 valence electrons. The van der Waals surface area contributed by atoms with Gasteiger partial charge >= 0.3 is 0 Å². The molecule has 1 aliphatic rings. The van der Waals surface area contributed by atoms with Crippen LogP contribution in [0.1, 0.15) is 18.4 Å². The van der Waals surface area contributed by atoms with E-state index in [9.17, 15) is 4.79 Å². The summed E-state index contributed by atoms with van der Waals surface area (Å²) in [7, 11) is 1.56. The third kappa shape index (κ3) is 3.93. The molecule has 3 rings (SSSR count). The Hall–Kier alpha value is -2.82. The first-order valence-corrected chi connectivity index (χ1v) is 8.07. The van der Waals surface area contributed by atoms with Gasteiger partial charge in [0.15, 0.2) is 0 Å². The predicted octanol–water partition coefficient (Wildman–Crippen LogP) is 3.43. The highest BCUT2D eigenvalue weighted by molar-refractivity contribution is 5.99. The van der Waals surface area contributed by atoms with E-state index in [1.165, 1.54) is 0 Å². The van der Waals surface area contributed by atoms with Crippen LogP contribution in [0.4, 0.5) is 11.4 Å². The standard InChI is InChI=1S/C19H21N3O2/c1-24-21-18-8-5-13-22(18)17-11-9-16(10-12-17)20-19(23)14-15-6-3-2-4-7-15/h2-4,6-7,9-12H,5,8,13-14H2,1H3,(H,20,23)/b21-18-. The van der Waals surface area contributed by atoms with E-state index < -0.39 is 0 Å². The molecular formula is C19H21N3O2. The molecule has 1 N–H and O–H groups in total. The number of nitrogens with one attached hydrogen (secondary N) is 1. The van der Waals surface area contributed by atoms with Gasteiger partial charge in [-0.05, 0) is 36.2 Å². The van der Waals surface area contributed by atoms with Gasteiger partial charge in [0.25, 0.3) is 0 Å². The van der Waals surface area contributed by atoms with Gasteiger partial charge in [0.1, 0.15) is 12.9 Å². The van der Waals surface area contributed by atoms with Crippen molar-refractivity contribution in [1.29, 1.82) is 0 Å². The number of nitrogens with zero attached hydrogens (tertiary/aromatic N) is 2. The fraction of sp³-hybridized carbons (Fsp3) is 0.263. The smallest absolute Gasteiger partial charge is 0.228 e. The summed E-state index contributed by atoms with van der Waals surface area (Å²) in [6.45, 7) is 0.932. The molecule has 0 spiro atoms. The van der Waals surface area contributed by atoms with Crippen LogP contribution in [-0.2, 0) is 16.1 Å². The van der Waals surface area contributed by atoms with Crippen molar-refractivity contribution in [3.8, 4) is 0 Å². The van der Waals surface area contributed by atoms with Gasteiger partial charge < -0.3 is 15.1 Å². The molecule has 0 aliphatic carbocycles. The van der Waals surface area contributed by atoms with Gasteiger partial charge in [0, 0.05) is 24.3 Å². The third-order valence-electron chi connectivity index (χ3n) is 3.96. The van der Waals surface area contributed by atoms with E-state index in [1.807, 2.05) is 54.6 Å². The summed E-state index contributed by atoms with van der Waals surface area (Å²) >= 11 is 0. The summed E-state index contributed by atoms with van der Waals surface area (Å²) < 4.78 is 0. The van der Waals surface area contributed by atoms with Crippen molar-refractivity contribution in [2.75, 3.05) is 23.9 Å². The lowest BCUT2D eigenvalue weighted by atomic mass is 10.1. The van der Waals surface area contributed by atoms with E-state index in [4.69, 9.17) is 4.84 Å². The average molecular weight is 323 g/mol. The third-order valence-corrected chi connectivity index (χ3v) is 3.96. The normalized spacial score (nSPS) is 15.5. The maximum absolute atomic E-state index is 12.1. The van der Waals surface area contributed by atoms with E-state index in [-0.39, 0.29) is 5.91 Å². The van der Waals surface area contributed by atoms with Crippen LogP contribution in [0.25, 0.3) is 0 Å². The van der Waals surface area contributed by atoms with Gasteiger partial charge in [-0.1, -0.05) is 35.5 Å². The molecule has 5 heteroatoms. The lowest BCUT2D eigenvalue weighted by Gasteiger charge is -2.18. The fourth-order valence-electron chi connectivity index (χ4n) is 2.85. The number of anilines is 2. The van der Waals surface area contributed by atoms with Gasteiger partial charge in [-0.15, -0.1) is 0 Å². The first-order chi connectivity index (χ1) is 11.8. The Morgan fingerprint density at radius 2 is 1.92 bits per heavy atom. The number of carbonyl (C=O) groups is 1. The first kappa shape index (κ1) is 16.1. The topological polar surface area (TPSA) is 53.9 Å². The Labute approximate surface area is 141 Å². The molecule has 2 aromatic rings. The zero-order valence-corrected chi connectivity index (χ0v) is 13.7. The molecule has 0 bridgehead atoms. The molecule has 1 amide bonds. The molecule has 0 unspecified atom stereocenters. The van der Waals surface area contributed by atoms with Crippen molar-refractivity contribution < 1.29 is 9.63 Å². The maximum atomic E-state index is 12.1. The Kier molecular flexibility index (Phi) is 5.11. The summed E-state index contributed by atoms with van der Waals surface area (Å²) in [5.74, 6) is 0.926. The molecule has 2 aromatic carbocycles. The molecular weight excluding hydrogens is 302 g/mol.